The number of pyridine rings is 1. The molecule has 3 heterocycles. The lowest BCUT2D eigenvalue weighted by Crippen LogP contribution is -2.23. The van der Waals surface area contributed by atoms with E-state index in [0.717, 1.165) is 5.56 Å². The van der Waals surface area contributed by atoms with Crippen molar-refractivity contribution in [1.29, 1.82) is 0 Å². The lowest BCUT2D eigenvalue weighted by Gasteiger charge is -2.12. The highest BCUT2D eigenvalue weighted by atomic mass is 35.5. The zero-order chi connectivity index (χ0) is 18.8. The molecule has 0 saturated heterocycles. The minimum absolute atomic E-state index is 0.106. The van der Waals surface area contributed by atoms with E-state index in [1.54, 1.807) is 35.1 Å². The minimum Gasteiger partial charge on any atom is -0.467 e. The fraction of sp³-hybridized carbons (Fsp3) is 0.105. The summed E-state index contributed by atoms with van der Waals surface area (Å²) < 4.78 is 7.04. The number of thioether (sulfide) groups is 1. The van der Waals surface area contributed by atoms with Crippen LogP contribution in [0.4, 0.5) is 0 Å². The molecule has 27 heavy (non-hydrogen) atoms. The van der Waals surface area contributed by atoms with Gasteiger partial charge in [0.2, 0.25) is 0 Å². The van der Waals surface area contributed by atoms with E-state index < -0.39 is 0 Å². The van der Waals surface area contributed by atoms with Gasteiger partial charge in [-0.1, -0.05) is 47.1 Å². The molecule has 0 spiro atoms. The van der Waals surface area contributed by atoms with E-state index in [1.165, 1.54) is 11.8 Å². The Morgan fingerprint density at radius 1 is 1.04 bits per heavy atom. The number of hydrogen-bond donors (Lipinski definition) is 0. The van der Waals surface area contributed by atoms with Crippen molar-refractivity contribution in [2.24, 2.45) is 0 Å². The zero-order valence-electron chi connectivity index (χ0n) is 13.9. The first kappa shape index (κ1) is 18.1. The summed E-state index contributed by atoms with van der Waals surface area (Å²) in [5, 5.41) is 1.83. The Balaban J connectivity index is 1.74. The highest BCUT2D eigenvalue weighted by molar-refractivity contribution is 7.98. The number of halogens is 2. The first-order chi connectivity index (χ1) is 13.1. The Kier molecular flexibility index (Phi) is 5.20. The van der Waals surface area contributed by atoms with Crippen molar-refractivity contribution < 1.29 is 4.42 Å². The molecule has 0 fully saturated rings. The summed E-state index contributed by atoms with van der Waals surface area (Å²) in [7, 11) is 0. The number of rotatable bonds is 5. The van der Waals surface area contributed by atoms with Crippen molar-refractivity contribution in [2.75, 3.05) is 0 Å². The largest absolute Gasteiger partial charge is 0.467 e. The summed E-state index contributed by atoms with van der Waals surface area (Å²) in [5.41, 5.74) is 1.45. The SMILES string of the molecule is O=c1c2ccccc2nc(SCc2cc(Cl)nc(Cl)c2)n1Cc1ccco1. The molecule has 8 heteroatoms. The molecule has 1 aromatic carbocycles. The summed E-state index contributed by atoms with van der Waals surface area (Å²) in [6, 6.07) is 14.4. The third-order valence-corrected chi connectivity index (χ3v) is 5.35. The van der Waals surface area contributed by atoms with E-state index >= 15 is 0 Å². The van der Waals surface area contributed by atoms with Gasteiger partial charge in [0.15, 0.2) is 5.16 Å². The van der Waals surface area contributed by atoms with Crippen LogP contribution >= 0.6 is 35.0 Å². The molecule has 0 aliphatic carbocycles. The second kappa shape index (κ2) is 7.76. The van der Waals surface area contributed by atoms with Crippen LogP contribution in [-0.2, 0) is 12.3 Å². The van der Waals surface area contributed by atoms with Crippen molar-refractivity contribution in [3.05, 3.63) is 86.8 Å². The molecule has 0 bridgehead atoms. The Labute approximate surface area is 169 Å². The molecule has 136 valence electrons. The number of hydrogen-bond acceptors (Lipinski definition) is 5. The molecule has 0 amide bonds. The van der Waals surface area contributed by atoms with Crippen LogP contribution in [0.1, 0.15) is 11.3 Å². The fourth-order valence-corrected chi connectivity index (χ4v) is 4.14. The highest BCUT2D eigenvalue weighted by Gasteiger charge is 2.13. The van der Waals surface area contributed by atoms with Crippen molar-refractivity contribution >= 4 is 45.9 Å². The molecular weight excluding hydrogens is 405 g/mol. The molecule has 0 aliphatic rings. The van der Waals surface area contributed by atoms with Gasteiger partial charge in [0.1, 0.15) is 16.1 Å². The van der Waals surface area contributed by atoms with Crippen LogP contribution in [0.3, 0.4) is 0 Å². The van der Waals surface area contributed by atoms with E-state index in [4.69, 9.17) is 27.6 Å². The molecule has 4 aromatic rings. The fourth-order valence-electron chi connectivity index (χ4n) is 2.70. The monoisotopic (exact) mass is 417 g/mol. The number of aromatic nitrogens is 3. The van der Waals surface area contributed by atoms with Crippen LogP contribution < -0.4 is 5.56 Å². The lowest BCUT2D eigenvalue weighted by molar-refractivity contribution is 0.476. The Hall–Kier alpha value is -2.28. The van der Waals surface area contributed by atoms with Crippen LogP contribution in [0.15, 0.2) is 69.2 Å². The number of furan rings is 1. The van der Waals surface area contributed by atoms with Gasteiger partial charge in [0.05, 0.1) is 23.7 Å². The molecule has 0 N–H and O–H groups in total. The zero-order valence-corrected chi connectivity index (χ0v) is 16.3. The third-order valence-electron chi connectivity index (χ3n) is 3.91. The maximum Gasteiger partial charge on any atom is 0.262 e. The standard InChI is InChI=1S/C19H13Cl2N3O2S/c20-16-8-12(9-17(21)23-16)11-27-19-22-15-6-2-1-5-14(15)18(25)24(19)10-13-4-3-7-26-13/h1-9H,10-11H2. The molecule has 0 saturated carbocycles. The van der Waals surface area contributed by atoms with Gasteiger partial charge in [-0.3, -0.25) is 9.36 Å². The van der Waals surface area contributed by atoms with E-state index in [2.05, 4.69) is 9.97 Å². The summed E-state index contributed by atoms with van der Waals surface area (Å²) in [6.07, 6.45) is 1.59. The quantitative estimate of drug-likeness (QED) is 0.258. The number of benzene rings is 1. The first-order valence-corrected chi connectivity index (χ1v) is 9.81. The van der Waals surface area contributed by atoms with Gasteiger partial charge in [-0.15, -0.1) is 0 Å². The first-order valence-electron chi connectivity index (χ1n) is 8.07. The summed E-state index contributed by atoms with van der Waals surface area (Å²) in [6.45, 7) is 0.309. The lowest BCUT2D eigenvalue weighted by atomic mass is 10.2. The van der Waals surface area contributed by atoms with Crippen molar-refractivity contribution in [3.63, 3.8) is 0 Å². The van der Waals surface area contributed by atoms with E-state index in [1.807, 2.05) is 24.3 Å². The van der Waals surface area contributed by atoms with E-state index in [-0.39, 0.29) is 5.56 Å². The second-order valence-electron chi connectivity index (χ2n) is 5.79. The van der Waals surface area contributed by atoms with Crippen LogP contribution in [0, 0.1) is 0 Å². The summed E-state index contributed by atoms with van der Waals surface area (Å²) in [4.78, 5) is 21.6. The van der Waals surface area contributed by atoms with Gasteiger partial charge in [0, 0.05) is 5.75 Å². The van der Waals surface area contributed by atoms with Crippen LogP contribution in [0.2, 0.25) is 10.3 Å². The van der Waals surface area contributed by atoms with Gasteiger partial charge in [-0.05, 0) is 42.0 Å². The Bertz CT molecular complexity index is 1140. The normalized spacial score (nSPS) is 11.2. The number of nitrogens with zero attached hydrogens (tertiary/aromatic N) is 3. The highest BCUT2D eigenvalue weighted by Crippen LogP contribution is 2.25. The maximum atomic E-state index is 13.0. The Morgan fingerprint density at radius 2 is 1.81 bits per heavy atom. The van der Waals surface area contributed by atoms with Crippen LogP contribution in [0.25, 0.3) is 10.9 Å². The average molecular weight is 418 g/mol. The molecule has 0 unspecified atom stereocenters. The van der Waals surface area contributed by atoms with Crippen molar-refractivity contribution in [1.82, 2.24) is 14.5 Å². The van der Waals surface area contributed by atoms with Gasteiger partial charge in [0.25, 0.3) is 5.56 Å². The minimum atomic E-state index is -0.106. The molecule has 4 rings (SSSR count). The topological polar surface area (TPSA) is 60.9 Å². The number of para-hydroxylation sites is 1. The van der Waals surface area contributed by atoms with Gasteiger partial charge >= 0.3 is 0 Å². The molecule has 3 aromatic heterocycles. The molecule has 0 aliphatic heterocycles. The molecular formula is C19H13Cl2N3O2S. The van der Waals surface area contributed by atoms with E-state index in [0.29, 0.717) is 44.4 Å². The van der Waals surface area contributed by atoms with Gasteiger partial charge in [-0.2, -0.15) is 0 Å². The smallest absolute Gasteiger partial charge is 0.262 e. The predicted molar refractivity (Wildman–Crippen MR) is 108 cm³/mol. The average Bonchev–Trinajstić information content (AvgIpc) is 3.15. The molecule has 0 atom stereocenters. The van der Waals surface area contributed by atoms with Crippen molar-refractivity contribution in [2.45, 2.75) is 17.5 Å². The van der Waals surface area contributed by atoms with E-state index in [9.17, 15) is 4.79 Å². The Morgan fingerprint density at radius 3 is 2.56 bits per heavy atom. The second-order valence-corrected chi connectivity index (χ2v) is 7.51. The number of fused-ring (bicyclic) bond motifs is 1. The third kappa shape index (κ3) is 4.03. The van der Waals surface area contributed by atoms with Gasteiger partial charge in [-0.25, -0.2) is 9.97 Å². The summed E-state index contributed by atoms with van der Waals surface area (Å²) >= 11 is 13.4. The van der Waals surface area contributed by atoms with Gasteiger partial charge < -0.3 is 4.42 Å². The van der Waals surface area contributed by atoms with Crippen LogP contribution in [-0.4, -0.2) is 14.5 Å². The summed E-state index contributed by atoms with van der Waals surface area (Å²) in [5.74, 6) is 1.23. The predicted octanol–water partition coefficient (Wildman–Crippen LogP) is 5.03. The van der Waals surface area contributed by atoms with Crippen LogP contribution in [0.5, 0.6) is 0 Å². The van der Waals surface area contributed by atoms with Crippen molar-refractivity contribution in [3.8, 4) is 0 Å². The molecule has 0 radical (unpaired) electrons. The molecule has 5 nitrogen and oxygen atoms in total. The maximum absolute atomic E-state index is 13.0.